The summed E-state index contributed by atoms with van der Waals surface area (Å²) in [5.41, 5.74) is 6.24. The Morgan fingerprint density at radius 3 is 2.67 bits per heavy atom. The van der Waals surface area contributed by atoms with E-state index in [0.717, 1.165) is 25.2 Å². The second-order valence-corrected chi connectivity index (χ2v) is 6.00. The molecule has 2 aromatic rings. The van der Waals surface area contributed by atoms with Crippen LogP contribution >= 0.6 is 0 Å². The number of hydrogen-bond donors (Lipinski definition) is 1. The van der Waals surface area contributed by atoms with Crippen molar-refractivity contribution >= 4 is 5.69 Å². The molecule has 0 aliphatic carbocycles. The summed E-state index contributed by atoms with van der Waals surface area (Å²) in [7, 11) is 4.13. The third-order valence-electron chi connectivity index (χ3n) is 4.21. The maximum atomic E-state index is 4.57. The van der Waals surface area contributed by atoms with Crippen molar-refractivity contribution in [3.63, 3.8) is 0 Å². The molecule has 1 N–H and O–H groups in total. The lowest BCUT2D eigenvalue weighted by Gasteiger charge is -2.26. The van der Waals surface area contributed by atoms with Gasteiger partial charge in [-0.3, -0.25) is 10.00 Å². The van der Waals surface area contributed by atoms with Crippen molar-refractivity contribution in [1.82, 2.24) is 15.1 Å². The number of aromatic amines is 1. The quantitative estimate of drug-likeness (QED) is 0.937. The van der Waals surface area contributed by atoms with Crippen LogP contribution in [-0.4, -0.2) is 42.3 Å². The van der Waals surface area contributed by atoms with Crippen LogP contribution in [0.15, 0.2) is 24.3 Å². The van der Waals surface area contributed by atoms with Crippen LogP contribution in [0.5, 0.6) is 0 Å². The van der Waals surface area contributed by atoms with Crippen LogP contribution in [0.25, 0.3) is 11.3 Å². The van der Waals surface area contributed by atoms with Gasteiger partial charge in [0, 0.05) is 56.1 Å². The highest BCUT2D eigenvalue weighted by Crippen LogP contribution is 2.29. The number of rotatable bonds is 4. The number of aromatic nitrogens is 2. The van der Waals surface area contributed by atoms with Crippen LogP contribution in [0.2, 0.25) is 0 Å². The van der Waals surface area contributed by atoms with Gasteiger partial charge in [0.05, 0.1) is 5.69 Å². The van der Waals surface area contributed by atoms with E-state index in [1.165, 1.54) is 35.5 Å². The first-order valence-electron chi connectivity index (χ1n) is 7.75. The van der Waals surface area contributed by atoms with E-state index < -0.39 is 0 Å². The molecule has 0 fully saturated rings. The van der Waals surface area contributed by atoms with Gasteiger partial charge in [-0.05, 0) is 25.1 Å². The zero-order valence-electron chi connectivity index (χ0n) is 13.2. The van der Waals surface area contributed by atoms with Crippen molar-refractivity contribution in [1.29, 1.82) is 0 Å². The first-order chi connectivity index (χ1) is 10.2. The molecule has 0 saturated carbocycles. The molecule has 0 spiro atoms. The predicted octanol–water partition coefficient (Wildman–Crippen LogP) is 2.91. The minimum absolute atomic E-state index is 1.02. The van der Waals surface area contributed by atoms with Crippen LogP contribution < -0.4 is 4.90 Å². The molecule has 21 heavy (non-hydrogen) atoms. The average Bonchev–Trinajstić information content (AvgIpc) is 2.91. The lowest BCUT2D eigenvalue weighted by atomic mass is 10.0. The van der Waals surface area contributed by atoms with Crippen molar-refractivity contribution in [3.05, 3.63) is 35.5 Å². The van der Waals surface area contributed by atoms with Gasteiger partial charge in [-0.25, -0.2) is 0 Å². The van der Waals surface area contributed by atoms with Crippen LogP contribution in [-0.2, 0) is 13.0 Å². The molecular weight excluding hydrogens is 260 g/mol. The van der Waals surface area contributed by atoms with Crippen molar-refractivity contribution in [2.75, 3.05) is 32.1 Å². The second-order valence-electron chi connectivity index (χ2n) is 6.00. The Morgan fingerprint density at radius 2 is 2.00 bits per heavy atom. The Morgan fingerprint density at radius 1 is 1.24 bits per heavy atom. The van der Waals surface area contributed by atoms with Gasteiger partial charge < -0.3 is 4.90 Å². The highest BCUT2D eigenvalue weighted by atomic mass is 15.2. The normalized spacial score (nSPS) is 15.0. The Kier molecular flexibility index (Phi) is 3.97. The summed E-state index contributed by atoms with van der Waals surface area (Å²) in [6.07, 6.45) is 2.29. The van der Waals surface area contributed by atoms with Gasteiger partial charge in [0.25, 0.3) is 0 Å². The maximum Gasteiger partial charge on any atom is 0.0968 e. The van der Waals surface area contributed by atoms with Gasteiger partial charge in [0.15, 0.2) is 0 Å². The minimum Gasteiger partial charge on any atom is -0.378 e. The van der Waals surface area contributed by atoms with E-state index in [0.29, 0.717) is 0 Å². The van der Waals surface area contributed by atoms with Crippen LogP contribution in [0.1, 0.15) is 24.6 Å². The van der Waals surface area contributed by atoms with Gasteiger partial charge >= 0.3 is 0 Å². The third kappa shape index (κ3) is 2.81. The van der Waals surface area contributed by atoms with Crippen molar-refractivity contribution in [2.24, 2.45) is 0 Å². The predicted molar refractivity (Wildman–Crippen MR) is 87.6 cm³/mol. The Labute approximate surface area is 126 Å². The highest BCUT2D eigenvalue weighted by Gasteiger charge is 2.22. The smallest absolute Gasteiger partial charge is 0.0968 e. The molecule has 1 aromatic heterocycles. The molecule has 0 unspecified atom stereocenters. The van der Waals surface area contributed by atoms with E-state index in [4.69, 9.17) is 0 Å². The second kappa shape index (κ2) is 5.90. The number of hydrogen-bond acceptors (Lipinski definition) is 3. The summed E-state index contributed by atoms with van der Waals surface area (Å²) >= 11 is 0. The Hall–Kier alpha value is -1.81. The van der Waals surface area contributed by atoms with Crippen molar-refractivity contribution < 1.29 is 0 Å². The molecular formula is C17H24N4. The fourth-order valence-corrected chi connectivity index (χ4v) is 3.01. The Bertz CT molecular complexity index is 598. The largest absolute Gasteiger partial charge is 0.378 e. The molecule has 4 nitrogen and oxygen atoms in total. The van der Waals surface area contributed by atoms with E-state index in [9.17, 15) is 0 Å². The number of nitrogens with zero attached hydrogens (tertiary/aromatic N) is 3. The molecule has 1 aliphatic rings. The molecule has 1 aromatic carbocycles. The molecule has 0 saturated heterocycles. The summed E-state index contributed by atoms with van der Waals surface area (Å²) in [5.74, 6) is 0. The fraction of sp³-hybridized carbons (Fsp3) is 0.471. The summed E-state index contributed by atoms with van der Waals surface area (Å²) in [5, 5.41) is 7.81. The SMILES string of the molecule is CCCN1CCc2[nH]nc(-c3ccc(N(C)C)cc3)c2C1. The third-order valence-corrected chi connectivity index (χ3v) is 4.21. The topological polar surface area (TPSA) is 35.2 Å². The lowest BCUT2D eigenvalue weighted by molar-refractivity contribution is 0.254. The summed E-state index contributed by atoms with van der Waals surface area (Å²) in [4.78, 5) is 4.64. The Balaban J connectivity index is 1.88. The van der Waals surface area contributed by atoms with Gasteiger partial charge in [-0.2, -0.15) is 5.10 Å². The van der Waals surface area contributed by atoms with Gasteiger partial charge in [0.2, 0.25) is 0 Å². The number of fused-ring (bicyclic) bond motifs is 1. The molecule has 2 heterocycles. The van der Waals surface area contributed by atoms with Gasteiger partial charge in [-0.1, -0.05) is 19.1 Å². The standard InChI is InChI=1S/C17H24N4/c1-4-10-21-11-9-16-15(12-21)17(19-18-16)13-5-7-14(8-6-13)20(2)3/h5-8H,4,9-12H2,1-3H3,(H,18,19). The zero-order chi connectivity index (χ0) is 14.8. The minimum atomic E-state index is 1.02. The maximum absolute atomic E-state index is 4.57. The molecule has 0 bridgehead atoms. The van der Waals surface area contributed by atoms with Crippen molar-refractivity contribution in [2.45, 2.75) is 26.3 Å². The molecule has 3 rings (SSSR count). The first kappa shape index (κ1) is 14.1. The molecule has 4 heteroatoms. The number of anilines is 1. The molecule has 0 atom stereocenters. The molecule has 112 valence electrons. The van der Waals surface area contributed by atoms with E-state index in [-0.39, 0.29) is 0 Å². The molecule has 0 radical (unpaired) electrons. The van der Waals surface area contributed by atoms with Gasteiger partial charge in [0.1, 0.15) is 0 Å². The number of nitrogens with one attached hydrogen (secondary N) is 1. The van der Waals surface area contributed by atoms with Crippen molar-refractivity contribution in [3.8, 4) is 11.3 Å². The zero-order valence-corrected chi connectivity index (χ0v) is 13.2. The van der Waals surface area contributed by atoms with Crippen LogP contribution in [0, 0.1) is 0 Å². The fourth-order valence-electron chi connectivity index (χ4n) is 3.01. The van der Waals surface area contributed by atoms with E-state index >= 15 is 0 Å². The van der Waals surface area contributed by atoms with E-state index in [1.807, 2.05) is 0 Å². The molecule has 0 amide bonds. The lowest BCUT2D eigenvalue weighted by Crippen LogP contribution is -2.31. The van der Waals surface area contributed by atoms with Crippen LogP contribution in [0.4, 0.5) is 5.69 Å². The number of benzene rings is 1. The molecule has 1 aliphatic heterocycles. The van der Waals surface area contributed by atoms with E-state index in [2.05, 4.69) is 65.3 Å². The first-order valence-corrected chi connectivity index (χ1v) is 7.75. The summed E-state index contributed by atoms with van der Waals surface area (Å²) in [6, 6.07) is 8.65. The highest BCUT2D eigenvalue weighted by molar-refractivity contribution is 5.67. The number of H-pyrrole nitrogens is 1. The van der Waals surface area contributed by atoms with Gasteiger partial charge in [-0.15, -0.1) is 0 Å². The summed E-state index contributed by atoms with van der Waals surface area (Å²) in [6.45, 7) is 5.57. The average molecular weight is 284 g/mol. The monoisotopic (exact) mass is 284 g/mol. The summed E-state index contributed by atoms with van der Waals surface area (Å²) < 4.78 is 0. The van der Waals surface area contributed by atoms with Crippen LogP contribution in [0.3, 0.4) is 0 Å². The van der Waals surface area contributed by atoms with E-state index in [1.54, 1.807) is 0 Å².